The Morgan fingerprint density at radius 2 is 1.16 bits per heavy atom. The Hall–Kier alpha value is 0.0834. The standard InChI is InChI=1S/C19H38N2.C7H6.2ClH.Ru/c1-3-5-7-9-11-13-15-20-17-18-21(19-20)16-14-12-10-8-6-4-2;1-7-5-3-2-4-6-7;;;/h3-18H2,1-2H3;1-6H;2*1H;/q;;;;+2/p-2. The third-order valence-electron chi connectivity index (χ3n) is 5.97. The molecule has 0 aliphatic carbocycles. The zero-order valence-corrected chi connectivity index (χ0v) is 23.0. The van der Waals surface area contributed by atoms with E-state index < -0.39 is 11.9 Å². The zero-order chi connectivity index (χ0) is 22.4. The van der Waals surface area contributed by atoms with Crippen LogP contribution in [0.4, 0.5) is 0 Å². The Morgan fingerprint density at radius 3 is 1.65 bits per heavy atom. The Bertz CT molecular complexity index is 692. The maximum absolute atomic E-state index is 7.19. The summed E-state index contributed by atoms with van der Waals surface area (Å²) in [6.07, 6.45) is 15.9. The first-order valence-electron chi connectivity index (χ1n) is 12.5. The van der Waals surface area contributed by atoms with Gasteiger partial charge in [-0.15, -0.1) is 0 Å². The molecule has 1 heterocycles. The zero-order valence-electron chi connectivity index (χ0n) is 19.8. The maximum atomic E-state index is 7.19. The van der Waals surface area contributed by atoms with Gasteiger partial charge in [-0.1, -0.05) is 0 Å². The fourth-order valence-corrected chi connectivity index (χ4v) is 10.8. The van der Waals surface area contributed by atoms with Crippen LogP contribution in [0.2, 0.25) is 0 Å². The van der Waals surface area contributed by atoms with Crippen LogP contribution < -0.4 is 0 Å². The van der Waals surface area contributed by atoms with Crippen molar-refractivity contribution in [3.63, 3.8) is 0 Å². The fourth-order valence-electron chi connectivity index (χ4n) is 4.20. The number of hydrogen-bond acceptors (Lipinski definition) is 2. The Balaban J connectivity index is 2.08. The number of unbranched alkanes of at least 4 members (excludes halogenated alkanes) is 10. The van der Waals surface area contributed by atoms with Gasteiger partial charge in [0.1, 0.15) is 0 Å². The van der Waals surface area contributed by atoms with Gasteiger partial charge in [-0.05, 0) is 0 Å². The molecule has 1 fully saturated rings. The molecule has 0 aromatic heterocycles. The van der Waals surface area contributed by atoms with E-state index >= 15 is 0 Å². The second kappa shape index (κ2) is 15.8. The van der Waals surface area contributed by atoms with Crippen LogP contribution in [0.1, 0.15) is 96.5 Å². The second-order valence-corrected chi connectivity index (χ2v) is 18.0. The Kier molecular flexibility index (Phi) is 14.0. The van der Waals surface area contributed by atoms with Gasteiger partial charge in [0, 0.05) is 0 Å². The summed E-state index contributed by atoms with van der Waals surface area (Å²) >= 11 is -3.10. The first-order valence-corrected chi connectivity index (χ1v) is 18.8. The van der Waals surface area contributed by atoms with E-state index in [0.29, 0.717) is 0 Å². The summed E-state index contributed by atoms with van der Waals surface area (Å²) in [7, 11) is 14.4. The van der Waals surface area contributed by atoms with E-state index in [2.05, 4.69) is 52.5 Å². The van der Waals surface area contributed by atoms with Gasteiger partial charge in [0.05, 0.1) is 0 Å². The number of nitrogens with zero attached hydrogens (tertiary/aromatic N) is 2. The SMILES string of the molecule is CCCCCCCCN1CCN(CCCCCCCC)[C]1=[Ru]([Cl])([Cl])=[CH]c1ccccc1. The van der Waals surface area contributed by atoms with Gasteiger partial charge in [0.2, 0.25) is 0 Å². The van der Waals surface area contributed by atoms with Crippen LogP contribution in [0.3, 0.4) is 0 Å². The number of rotatable bonds is 15. The summed E-state index contributed by atoms with van der Waals surface area (Å²) in [5.41, 5.74) is 1.15. The summed E-state index contributed by atoms with van der Waals surface area (Å²) in [6, 6.07) is 10.4. The Morgan fingerprint density at radius 1 is 0.710 bits per heavy atom. The van der Waals surface area contributed by atoms with Crippen LogP contribution in [0.25, 0.3) is 0 Å². The van der Waals surface area contributed by atoms with Crippen molar-refractivity contribution in [3.05, 3.63) is 35.9 Å². The molecule has 0 spiro atoms. The van der Waals surface area contributed by atoms with Crippen molar-refractivity contribution in [2.24, 2.45) is 0 Å². The monoisotopic (exact) mass is 556 g/mol. The first-order chi connectivity index (χ1) is 15.1. The van der Waals surface area contributed by atoms with Crippen LogP contribution in [-0.4, -0.2) is 44.9 Å². The molecule has 2 nitrogen and oxygen atoms in total. The average Bonchev–Trinajstić information content (AvgIpc) is 3.17. The van der Waals surface area contributed by atoms with E-state index in [1.165, 1.54) is 81.4 Å². The van der Waals surface area contributed by atoms with Crippen molar-refractivity contribution in [2.75, 3.05) is 26.2 Å². The molecule has 0 radical (unpaired) electrons. The molecule has 0 N–H and O–H groups in total. The van der Waals surface area contributed by atoms with E-state index in [-0.39, 0.29) is 0 Å². The van der Waals surface area contributed by atoms with E-state index in [9.17, 15) is 0 Å². The minimum absolute atomic E-state index is 1.07. The van der Waals surface area contributed by atoms with E-state index in [4.69, 9.17) is 19.4 Å². The fraction of sp³-hybridized carbons (Fsp3) is 0.692. The van der Waals surface area contributed by atoms with E-state index in [0.717, 1.165) is 31.7 Å². The van der Waals surface area contributed by atoms with Crippen molar-refractivity contribution in [1.29, 1.82) is 0 Å². The van der Waals surface area contributed by atoms with Crippen LogP contribution in [0.15, 0.2) is 30.3 Å². The summed E-state index contributed by atoms with van der Waals surface area (Å²) in [6.45, 7) is 8.90. The summed E-state index contributed by atoms with van der Waals surface area (Å²) in [5, 5.41) is 0. The molecule has 0 amide bonds. The second-order valence-electron chi connectivity index (χ2n) is 8.72. The summed E-state index contributed by atoms with van der Waals surface area (Å²) < 4.78 is 3.45. The van der Waals surface area contributed by atoms with Crippen molar-refractivity contribution in [3.8, 4) is 0 Å². The quantitative estimate of drug-likeness (QED) is 0.161. The van der Waals surface area contributed by atoms with E-state index in [1.807, 2.05) is 6.07 Å². The van der Waals surface area contributed by atoms with Gasteiger partial charge in [0.15, 0.2) is 0 Å². The topological polar surface area (TPSA) is 6.48 Å². The number of hydrogen-bond donors (Lipinski definition) is 0. The van der Waals surface area contributed by atoms with Gasteiger partial charge >= 0.3 is 203 Å². The molecule has 180 valence electrons. The molecular formula is C26H44Cl2N2Ru. The predicted octanol–water partition coefficient (Wildman–Crippen LogP) is 7.72. The molecule has 0 unspecified atom stereocenters. The number of halogens is 2. The van der Waals surface area contributed by atoms with Crippen LogP contribution >= 0.6 is 19.4 Å². The number of benzene rings is 1. The predicted molar refractivity (Wildman–Crippen MR) is 138 cm³/mol. The van der Waals surface area contributed by atoms with Crippen LogP contribution in [0.5, 0.6) is 0 Å². The van der Waals surface area contributed by atoms with Crippen molar-refractivity contribution in [1.82, 2.24) is 9.80 Å². The summed E-state index contributed by atoms with van der Waals surface area (Å²) in [5.74, 6) is 0. The minimum atomic E-state index is -3.10. The summed E-state index contributed by atoms with van der Waals surface area (Å²) in [4.78, 5) is 5.06. The molecule has 1 aromatic carbocycles. The molecule has 0 atom stereocenters. The van der Waals surface area contributed by atoms with Gasteiger partial charge in [0.25, 0.3) is 0 Å². The van der Waals surface area contributed by atoms with Crippen molar-refractivity contribution in [2.45, 2.75) is 90.9 Å². The van der Waals surface area contributed by atoms with Gasteiger partial charge in [-0.2, -0.15) is 0 Å². The van der Waals surface area contributed by atoms with Gasteiger partial charge < -0.3 is 0 Å². The van der Waals surface area contributed by atoms with Crippen molar-refractivity contribution < 1.29 is 11.9 Å². The van der Waals surface area contributed by atoms with Gasteiger partial charge in [-0.3, -0.25) is 0 Å². The first kappa shape index (κ1) is 27.3. The van der Waals surface area contributed by atoms with Crippen LogP contribution in [0, 0.1) is 0 Å². The average molecular weight is 557 g/mol. The molecule has 1 aromatic rings. The molecule has 2 rings (SSSR count). The molecule has 0 bridgehead atoms. The molecule has 1 aliphatic heterocycles. The normalized spacial score (nSPS) is 16.2. The molecule has 5 heteroatoms. The molecule has 31 heavy (non-hydrogen) atoms. The molecule has 1 saturated heterocycles. The third-order valence-corrected chi connectivity index (χ3v) is 11.6. The van der Waals surface area contributed by atoms with E-state index in [1.54, 1.807) is 0 Å². The van der Waals surface area contributed by atoms with Crippen molar-refractivity contribution >= 4 is 28.3 Å². The molecule has 0 saturated carbocycles. The third kappa shape index (κ3) is 10.3. The molecule has 1 aliphatic rings. The van der Waals surface area contributed by atoms with Crippen LogP contribution in [-0.2, 0) is 11.9 Å². The van der Waals surface area contributed by atoms with Gasteiger partial charge in [-0.25, -0.2) is 0 Å². The Labute approximate surface area is 202 Å². The molecular weight excluding hydrogens is 512 g/mol.